The van der Waals surface area contributed by atoms with Crippen LogP contribution in [0, 0.1) is 19.7 Å². The predicted molar refractivity (Wildman–Crippen MR) is 134 cm³/mol. The van der Waals surface area contributed by atoms with Crippen molar-refractivity contribution < 1.29 is 19.1 Å². The van der Waals surface area contributed by atoms with Gasteiger partial charge in [-0.1, -0.05) is 41.9 Å². The lowest BCUT2D eigenvalue weighted by molar-refractivity contribution is -0.141. The zero-order valence-corrected chi connectivity index (χ0v) is 20.6. The van der Waals surface area contributed by atoms with Crippen molar-refractivity contribution in [3.63, 3.8) is 0 Å². The Morgan fingerprint density at radius 3 is 2.21 bits per heavy atom. The first-order valence-electron chi connectivity index (χ1n) is 10.9. The van der Waals surface area contributed by atoms with Gasteiger partial charge in [-0.2, -0.15) is 0 Å². The minimum Gasteiger partial charge on any atom is -0.480 e. The first-order valence-corrected chi connectivity index (χ1v) is 11.3. The number of rotatable bonds is 7. The fourth-order valence-electron chi connectivity index (χ4n) is 3.75. The molecule has 178 valence electrons. The van der Waals surface area contributed by atoms with E-state index in [1.165, 1.54) is 26.1 Å². The monoisotopic (exact) mass is 482 g/mol. The van der Waals surface area contributed by atoms with Crippen LogP contribution in [-0.2, 0) is 4.79 Å². The van der Waals surface area contributed by atoms with Gasteiger partial charge in [-0.05, 0) is 79.8 Å². The number of carbonyl (C=O) groups is 2. The van der Waals surface area contributed by atoms with Gasteiger partial charge in [0.2, 0.25) is 0 Å². The molecular weight excluding hydrogens is 455 g/mol. The molecule has 7 heteroatoms. The van der Waals surface area contributed by atoms with E-state index in [0.717, 1.165) is 37.9 Å². The van der Waals surface area contributed by atoms with Crippen LogP contribution >= 0.6 is 11.6 Å². The highest BCUT2D eigenvalue weighted by Crippen LogP contribution is 2.29. The highest BCUT2D eigenvalue weighted by molar-refractivity contribution is 6.32. The number of halogens is 2. The van der Waals surface area contributed by atoms with E-state index >= 15 is 0 Å². The van der Waals surface area contributed by atoms with Crippen molar-refractivity contribution in [3.05, 3.63) is 87.7 Å². The van der Waals surface area contributed by atoms with E-state index in [2.05, 4.69) is 24.4 Å². The minimum absolute atomic E-state index is 0.0217. The van der Waals surface area contributed by atoms with Crippen LogP contribution in [0.3, 0.4) is 0 Å². The summed E-state index contributed by atoms with van der Waals surface area (Å²) >= 11 is 6.29. The van der Waals surface area contributed by atoms with E-state index in [4.69, 9.17) is 16.7 Å². The zero-order valence-electron chi connectivity index (χ0n) is 19.8. The third kappa shape index (κ3) is 5.39. The van der Waals surface area contributed by atoms with Gasteiger partial charge < -0.3 is 15.3 Å². The summed E-state index contributed by atoms with van der Waals surface area (Å²) in [7, 11) is 1.34. The van der Waals surface area contributed by atoms with Crippen molar-refractivity contribution in [2.45, 2.75) is 39.8 Å². The maximum atomic E-state index is 14.8. The Kier molecular flexibility index (Phi) is 7.62. The molecule has 0 aliphatic heterocycles. The van der Waals surface area contributed by atoms with Crippen molar-refractivity contribution in [2.75, 3.05) is 12.4 Å². The standard InChI is InChI=1S/C27H28ClFN2O3/c1-15-11-21(12-16(2)25(15)28)17(3)30-22-8-6-7-19(13-22)20-9-10-23(24(29)14-20)26(32)31(5)18(4)27(33)34/h6-14,17-18,30H,1-5H3,(H,33,34). The SMILES string of the molecule is Cc1cc(C(C)Nc2cccc(-c3ccc(C(=O)N(C)C(C)C(=O)O)c(F)c3)c2)cc(C)c1Cl. The van der Waals surface area contributed by atoms with Crippen molar-refractivity contribution in [2.24, 2.45) is 0 Å². The second-order valence-corrected chi connectivity index (χ2v) is 8.92. The van der Waals surface area contributed by atoms with E-state index in [1.807, 2.05) is 38.1 Å². The van der Waals surface area contributed by atoms with Gasteiger partial charge in [0, 0.05) is 23.8 Å². The molecule has 34 heavy (non-hydrogen) atoms. The lowest BCUT2D eigenvalue weighted by atomic mass is 10.0. The molecule has 0 aliphatic rings. The Morgan fingerprint density at radius 1 is 1.00 bits per heavy atom. The maximum absolute atomic E-state index is 14.8. The number of hydrogen-bond acceptors (Lipinski definition) is 3. The smallest absolute Gasteiger partial charge is 0.326 e. The molecule has 2 atom stereocenters. The van der Waals surface area contributed by atoms with Crippen molar-refractivity contribution in [1.29, 1.82) is 0 Å². The van der Waals surface area contributed by atoms with Gasteiger partial charge in [0.15, 0.2) is 0 Å². The van der Waals surface area contributed by atoms with E-state index in [9.17, 15) is 14.0 Å². The van der Waals surface area contributed by atoms with Crippen LogP contribution in [0.2, 0.25) is 5.02 Å². The van der Waals surface area contributed by atoms with Crippen LogP contribution in [0.1, 0.15) is 46.9 Å². The predicted octanol–water partition coefficient (Wildman–Crippen LogP) is 6.48. The van der Waals surface area contributed by atoms with Crippen molar-refractivity contribution >= 4 is 29.2 Å². The molecule has 2 N–H and O–H groups in total. The molecule has 0 heterocycles. The highest BCUT2D eigenvalue weighted by Gasteiger charge is 2.25. The van der Waals surface area contributed by atoms with Crippen molar-refractivity contribution in [1.82, 2.24) is 4.90 Å². The number of aliphatic carboxylic acids is 1. The Labute approximate surface area is 204 Å². The molecule has 0 spiro atoms. The average molecular weight is 483 g/mol. The summed E-state index contributed by atoms with van der Waals surface area (Å²) in [5, 5.41) is 13.4. The fourth-order valence-corrected chi connectivity index (χ4v) is 3.86. The number of hydrogen-bond donors (Lipinski definition) is 2. The van der Waals surface area contributed by atoms with Gasteiger partial charge in [0.05, 0.1) is 5.56 Å². The maximum Gasteiger partial charge on any atom is 0.326 e. The van der Waals surface area contributed by atoms with E-state index in [-0.39, 0.29) is 11.6 Å². The van der Waals surface area contributed by atoms with E-state index in [0.29, 0.717) is 5.56 Å². The third-order valence-corrected chi connectivity index (χ3v) is 6.59. The number of carboxylic acid groups (broad SMARTS) is 1. The van der Waals surface area contributed by atoms with E-state index in [1.54, 1.807) is 6.07 Å². The molecule has 5 nitrogen and oxygen atoms in total. The number of amides is 1. The topological polar surface area (TPSA) is 69.6 Å². The van der Waals surface area contributed by atoms with Gasteiger partial charge in [0.25, 0.3) is 5.91 Å². The molecule has 0 saturated carbocycles. The largest absolute Gasteiger partial charge is 0.480 e. The summed E-state index contributed by atoms with van der Waals surface area (Å²) in [6.07, 6.45) is 0. The minimum atomic E-state index is -1.16. The Bertz CT molecular complexity index is 1220. The molecule has 3 aromatic carbocycles. The molecule has 0 aliphatic carbocycles. The van der Waals surface area contributed by atoms with Crippen LogP contribution in [-0.4, -0.2) is 35.0 Å². The molecule has 0 aromatic heterocycles. The Balaban J connectivity index is 1.82. The van der Waals surface area contributed by atoms with Crippen LogP contribution < -0.4 is 5.32 Å². The van der Waals surface area contributed by atoms with Crippen LogP contribution in [0.15, 0.2) is 54.6 Å². The average Bonchev–Trinajstić information content (AvgIpc) is 2.80. The van der Waals surface area contributed by atoms with Gasteiger partial charge in [-0.15, -0.1) is 0 Å². The summed E-state index contributed by atoms with van der Waals surface area (Å²) in [5.74, 6) is -2.54. The first-order chi connectivity index (χ1) is 16.0. The summed E-state index contributed by atoms with van der Waals surface area (Å²) in [6, 6.07) is 15.0. The van der Waals surface area contributed by atoms with Crippen molar-refractivity contribution in [3.8, 4) is 11.1 Å². The fraction of sp³-hybridized carbons (Fsp3) is 0.259. The van der Waals surface area contributed by atoms with E-state index < -0.39 is 23.7 Å². The number of nitrogens with zero attached hydrogens (tertiary/aromatic N) is 1. The highest BCUT2D eigenvalue weighted by atomic mass is 35.5. The molecule has 3 aromatic rings. The molecular formula is C27H28ClFN2O3. The molecule has 0 saturated heterocycles. The van der Waals surface area contributed by atoms with Crippen LogP contribution in [0.25, 0.3) is 11.1 Å². The second-order valence-electron chi connectivity index (χ2n) is 8.54. The number of aryl methyl sites for hydroxylation is 2. The number of likely N-dealkylation sites (N-methyl/N-ethyl adjacent to an activating group) is 1. The zero-order chi connectivity index (χ0) is 25.2. The lowest BCUT2D eigenvalue weighted by Crippen LogP contribution is -2.40. The molecule has 0 bridgehead atoms. The summed E-state index contributed by atoms with van der Waals surface area (Å²) in [5.41, 5.74) is 5.24. The first kappa shape index (κ1) is 25.2. The number of anilines is 1. The molecule has 0 fully saturated rings. The van der Waals surface area contributed by atoms with Gasteiger partial charge >= 0.3 is 5.97 Å². The molecule has 3 rings (SSSR count). The number of nitrogens with one attached hydrogen (secondary N) is 1. The molecule has 1 amide bonds. The van der Waals surface area contributed by atoms with Gasteiger partial charge in [0.1, 0.15) is 11.9 Å². The molecule has 0 radical (unpaired) electrons. The molecule has 2 unspecified atom stereocenters. The lowest BCUT2D eigenvalue weighted by Gasteiger charge is -2.22. The number of benzene rings is 3. The van der Waals surface area contributed by atoms with Gasteiger partial charge in [-0.25, -0.2) is 9.18 Å². The summed E-state index contributed by atoms with van der Waals surface area (Å²) in [6.45, 7) is 7.40. The number of carbonyl (C=O) groups excluding carboxylic acids is 1. The summed E-state index contributed by atoms with van der Waals surface area (Å²) in [4.78, 5) is 24.7. The Hall–Kier alpha value is -3.38. The quantitative estimate of drug-likeness (QED) is 0.404. The number of carboxylic acids is 1. The second kappa shape index (κ2) is 10.3. The Morgan fingerprint density at radius 2 is 1.62 bits per heavy atom. The van der Waals surface area contributed by atoms with Crippen LogP contribution in [0.5, 0.6) is 0 Å². The van der Waals surface area contributed by atoms with Gasteiger partial charge in [-0.3, -0.25) is 4.79 Å². The van der Waals surface area contributed by atoms with Crippen LogP contribution in [0.4, 0.5) is 10.1 Å². The normalized spacial score (nSPS) is 12.7. The summed E-state index contributed by atoms with van der Waals surface area (Å²) < 4.78 is 14.8. The third-order valence-electron chi connectivity index (χ3n) is 6.00.